The summed E-state index contributed by atoms with van der Waals surface area (Å²) in [6.45, 7) is 8.81. The van der Waals surface area contributed by atoms with E-state index in [-0.39, 0.29) is 5.56 Å². The summed E-state index contributed by atoms with van der Waals surface area (Å²) in [5.41, 5.74) is 6.25. The van der Waals surface area contributed by atoms with Crippen molar-refractivity contribution in [1.29, 1.82) is 0 Å². The highest BCUT2D eigenvalue weighted by Crippen LogP contribution is 2.27. The van der Waals surface area contributed by atoms with Gasteiger partial charge in [-0.25, -0.2) is 19.4 Å². The molecular formula is C27H25N5O2. The van der Waals surface area contributed by atoms with Gasteiger partial charge in [0.2, 0.25) is 0 Å². The lowest BCUT2D eigenvalue weighted by atomic mass is 10.1. The number of carboxylic acids is 1. The first-order chi connectivity index (χ1) is 16.5. The van der Waals surface area contributed by atoms with E-state index in [2.05, 4.69) is 36.0 Å². The van der Waals surface area contributed by atoms with Crippen molar-refractivity contribution in [2.45, 2.75) is 33.2 Å². The summed E-state index contributed by atoms with van der Waals surface area (Å²) in [7, 11) is 0. The fourth-order valence-electron chi connectivity index (χ4n) is 4.42. The van der Waals surface area contributed by atoms with Crippen LogP contribution in [-0.2, 0) is 13.0 Å². The second-order valence-corrected chi connectivity index (χ2v) is 8.34. The molecule has 1 N–H and O–H groups in total. The Kier molecular flexibility index (Phi) is 5.45. The van der Waals surface area contributed by atoms with Crippen molar-refractivity contribution in [3.8, 4) is 5.69 Å². The minimum absolute atomic E-state index is 0.189. The lowest BCUT2D eigenvalue weighted by Crippen LogP contribution is -2.07. The van der Waals surface area contributed by atoms with E-state index >= 15 is 0 Å². The van der Waals surface area contributed by atoms with Crippen molar-refractivity contribution >= 4 is 34.1 Å². The summed E-state index contributed by atoms with van der Waals surface area (Å²) >= 11 is 0. The van der Waals surface area contributed by atoms with Crippen molar-refractivity contribution in [2.75, 3.05) is 0 Å². The van der Waals surface area contributed by atoms with Crippen LogP contribution in [0.3, 0.4) is 0 Å². The predicted octanol–water partition coefficient (Wildman–Crippen LogP) is 5.42. The van der Waals surface area contributed by atoms with Gasteiger partial charge < -0.3 is 9.67 Å². The Labute approximate surface area is 197 Å². The largest absolute Gasteiger partial charge is 0.478 e. The van der Waals surface area contributed by atoms with Gasteiger partial charge in [-0.1, -0.05) is 31.7 Å². The summed E-state index contributed by atoms with van der Waals surface area (Å²) in [6.07, 6.45) is 5.42. The van der Waals surface area contributed by atoms with Crippen LogP contribution in [0.25, 0.3) is 33.8 Å². The van der Waals surface area contributed by atoms with Crippen LogP contribution in [0.4, 0.5) is 0 Å². The number of benzene rings is 2. The van der Waals surface area contributed by atoms with Crippen LogP contribution in [0.5, 0.6) is 0 Å². The zero-order chi connectivity index (χ0) is 23.8. The molecule has 3 aromatic heterocycles. The number of aromatic nitrogens is 5. The number of rotatable bonds is 7. The molecule has 0 spiro atoms. The molecule has 0 amide bonds. The maximum Gasteiger partial charge on any atom is 0.337 e. The van der Waals surface area contributed by atoms with Gasteiger partial charge in [-0.15, -0.1) is 0 Å². The Morgan fingerprint density at radius 2 is 2.00 bits per heavy atom. The van der Waals surface area contributed by atoms with Crippen molar-refractivity contribution in [3.05, 3.63) is 89.5 Å². The normalized spacial score (nSPS) is 11.4. The van der Waals surface area contributed by atoms with Gasteiger partial charge in [0.05, 0.1) is 29.0 Å². The van der Waals surface area contributed by atoms with Gasteiger partial charge in [0.25, 0.3) is 0 Å². The molecule has 0 bridgehead atoms. The van der Waals surface area contributed by atoms with Gasteiger partial charge in [-0.3, -0.25) is 0 Å². The van der Waals surface area contributed by atoms with E-state index in [1.807, 2.05) is 24.4 Å². The number of aryl methyl sites for hydroxylation is 2. The number of carboxylic acid groups (broad SMARTS) is 1. The van der Waals surface area contributed by atoms with Crippen LogP contribution >= 0.6 is 0 Å². The highest BCUT2D eigenvalue weighted by atomic mass is 16.4. The SMILES string of the molecule is C=Cc1c2cc(Cn3c(CCC)nc4c(C)ccnc43)ccc2nn1-c1ccccc1C(=O)O. The highest BCUT2D eigenvalue weighted by Gasteiger charge is 2.18. The number of hydrogen-bond acceptors (Lipinski definition) is 4. The molecule has 0 fully saturated rings. The van der Waals surface area contributed by atoms with Gasteiger partial charge in [0.15, 0.2) is 5.65 Å². The smallest absolute Gasteiger partial charge is 0.337 e. The van der Waals surface area contributed by atoms with E-state index in [0.29, 0.717) is 12.2 Å². The molecule has 170 valence electrons. The van der Waals surface area contributed by atoms with E-state index < -0.39 is 5.97 Å². The van der Waals surface area contributed by atoms with Gasteiger partial charge in [0, 0.05) is 18.0 Å². The van der Waals surface area contributed by atoms with Crippen molar-refractivity contribution < 1.29 is 9.90 Å². The highest BCUT2D eigenvalue weighted by molar-refractivity contribution is 5.94. The van der Waals surface area contributed by atoms with Gasteiger partial charge in [-0.05, 0) is 60.9 Å². The molecule has 0 saturated heterocycles. The second kappa shape index (κ2) is 8.59. The van der Waals surface area contributed by atoms with Gasteiger partial charge >= 0.3 is 5.97 Å². The number of aromatic carboxylic acids is 1. The van der Waals surface area contributed by atoms with Crippen LogP contribution < -0.4 is 0 Å². The Bertz CT molecular complexity index is 1560. The zero-order valence-electron chi connectivity index (χ0n) is 19.2. The predicted molar refractivity (Wildman–Crippen MR) is 133 cm³/mol. The first-order valence-electron chi connectivity index (χ1n) is 11.3. The van der Waals surface area contributed by atoms with E-state index in [9.17, 15) is 9.90 Å². The molecule has 0 aliphatic rings. The van der Waals surface area contributed by atoms with E-state index in [1.165, 1.54) is 0 Å². The third-order valence-electron chi connectivity index (χ3n) is 6.06. The third-order valence-corrected chi connectivity index (χ3v) is 6.06. The van der Waals surface area contributed by atoms with Crippen LogP contribution in [0.1, 0.15) is 46.3 Å². The lowest BCUT2D eigenvalue weighted by molar-refractivity contribution is 0.0696. The molecule has 0 atom stereocenters. The minimum Gasteiger partial charge on any atom is -0.478 e. The number of hydrogen-bond donors (Lipinski definition) is 1. The number of fused-ring (bicyclic) bond motifs is 2. The maximum atomic E-state index is 11.8. The summed E-state index contributed by atoms with van der Waals surface area (Å²) < 4.78 is 3.84. The molecule has 5 rings (SSSR count). The van der Waals surface area contributed by atoms with E-state index in [0.717, 1.165) is 57.6 Å². The van der Waals surface area contributed by atoms with Crippen LogP contribution in [0.2, 0.25) is 0 Å². The monoisotopic (exact) mass is 451 g/mol. The quantitative estimate of drug-likeness (QED) is 0.357. The first-order valence-corrected chi connectivity index (χ1v) is 11.3. The summed E-state index contributed by atoms with van der Waals surface area (Å²) in [5, 5.41) is 15.3. The second-order valence-electron chi connectivity index (χ2n) is 8.34. The number of pyridine rings is 1. The number of imidazole rings is 1. The summed E-state index contributed by atoms with van der Waals surface area (Å²) in [6, 6.07) is 14.9. The number of para-hydroxylation sites is 1. The van der Waals surface area contributed by atoms with Crippen molar-refractivity contribution in [2.24, 2.45) is 0 Å². The molecule has 0 saturated carbocycles. The summed E-state index contributed by atoms with van der Waals surface area (Å²) in [5.74, 6) is 0.0264. The molecule has 0 unspecified atom stereocenters. The van der Waals surface area contributed by atoms with Crippen molar-refractivity contribution in [1.82, 2.24) is 24.3 Å². The topological polar surface area (TPSA) is 85.8 Å². The van der Waals surface area contributed by atoms with Crippen LogP contribution in [0.15, 0.2) is 61.3 Å². The zero-order valence-corrected chi connectivity index (χ0v) is 19.2. The minimum atomic E-state index is -0.996. The molecule has 0 aliphatic carbocycles. The molecule has 0 aliphatic heterocycles. The molecule has 2 aromatic carbocycles. The fraction of sp³-hybridized carbons (Fsp3) is 0.185. The summed E-state index contributed by atoms with van der Waals surface area (Å²) in [4.78, 5) is 21.3. The van der Waals surface area contributed by atoms with Crippen molar-refractivity contribution in [3.63, 3.8) is 0 Å². The van der Waals surface area contributed by atoms with Crippen LogP contribution in [0, 0.1) is 6.92 Å². The molecule has 34 heavy (non-hydrogen) atoms. The van der Waals surface area contributed by atoms with Gasteiger partial charge in [-0.2, -0.15) is 5.10 Å². The average Bonchev–Trinajstić information content (AvgIpc) is 3.38. The Morgan fingerprint density at radius 3 is 2.76 bits per heavy atom. The Hall–Kier alpha value is -4.26. The molecule has 5 aromatic rings. The lowest BCUT2D eigenvalue weighted by Gasteiger charge is -2.09. The number of carbonyl (C=O) groups is 1. The third kappa shape index (κ3) is 3.55. The fourth-order valence-corrected chi connectivity index (χ4v) is 4.42. The number of nitrogens with zero attached hydrogens (tertiary/aromatic N) is 5. The maximum absolute atomic E-state index is 11.8. The Balaban J connectivity index is 1.63. The first kappa shape index (κ1) is 21.6. The molecule has 3 heterocycles. The Morgan fingerprint density at radius 1 is 1.18 bits per heavy atom. The standard InChI is InChI=1S/C27H25N5O2/c1-4-8-24-29-25-17(3)13-14-28-26(25)31(24)16-18-11-12-21-20(15-18)22(5-2)32(30-21)23-10-7-6-9-19(23)27(33)34/h5-7,9-15H,2,4,8,16H2,1,3H3,(H,33,34). The molecular weight excluding hydrogens is 426 g/mol. The molecule has 7 heteroatoms. The van der Waals surface area contributed by atoms with Gasteiger partial charge in [0.1, 0.15) is 11.3 Å². The molecule has 7 nitrogen and oxygen atoms in total. The average molecular weight is 452 g/mol. The van der Waals surface area contributed by atoms with Crippen LogP contribution in [-0.4, -0.2) is 35.4 Å². The van der Waals surface area contributed by atoms with E-state index in [4.69, 9.17) is 10.1 Å². The molecule has 0 radical (unpaired) electrons. The van der Waals surface area contributed by atoms with E-state index in [1.54, 1.807) is 35.0 Å².